The molecule has 3 nitrogen and oxygen atoms in total. The summed E-state index contributed by atoms with van der Waals surface area (Å²) in [5.74, 6) is -0.494. The molecule has 0 saturated carbocycles. The van der Waals surface area contributed by atoms with Gasteiger partial charge < -0.3 is 5.32 Å². The molecule has 1 aromatic carbocycles. The highest BCUT2D eigenvalue weighted by Gasteiger charge is 2.14. The van der Waals surface area contributed by atoms with E-state index in [0.717, 1.165) is 16.0 Å². The highest BCUT2D eigenvalue weighted by molar-refractivity contribution is 7.17. The lowest BCUT2D eigenvalue weighted by Crippen LogP contribution is -2.10. The molecule has 1 N–H and O–H groups in total. The Hall–Kier alpha value is -2.24. The number of nitrogens with zero attached hydrogens (tertiary/aromatic N) is 1. The van der Waals surface area contributed by atoms with Crippen molar-refractivity contribution >= 4 is 34.5 Å². The van der Waals surface area contributed by atoms with Crippen LogP contribution in [0.5, 0.6) is 0 Å². The molecule has 0 bridgehead atoms. The second-order valence-electron chi connectivity index (χ2n) is 4.95. The van der Waals surface area contributed by atoms with E-state index in [9.17, 15) is 9.18 Å². The third-order valence-electron chi connectivity index (χ3n) is 3.23. The van der Waals surface area contributed by atoms with Gasteiger partial charge in [-0.15, -0.1) is 11.3 Å². The van der Waals surface area contributed by atoms with Crippen LogP contribution in [0.25, 0.3) is 10.4 Å². The minimum Gasteiger partial charge on any atom is -0.320 e. The van der Waals surface area contributed by atoms with Crippen LogP contribution in [0.4, 0.5) is 10.1 Å². The Morgan fingerprint density at radius 3 is 2.61 bits per heavy atom. The monoisotopic (exact) mass is 346 g/mol. The summed E-state index contributed by atoms with van der Waals surface area (Å²) in [7, 11) is 0. The van der Waals surface area contributed by atoms with Crippen molar-refractivity contribution in [2.24, 2.45) is 0 Å². The first-order chi connectivity index (χ1) is 11.0. The smallest absolute Gasteiger partial charge is 0.265 e. The predicted octanol–water partition coefficient (Wildman–Crippen LogP) is 5.16. The van der Waals surface area contributed by atoms with Gasteiger partial charge >= 0.3 is 0 Å². The Balaban J connectivity index is 1.83. The minimum absolute atomic E-state index is 0.212. The standard InChI is InChI=1S/C17H12ClFN2OS/c1-10-8-14(17(22)21-13-6-7-15(18)20-9-13)23-16(10)11-2-4-12(19)5-3-11/h2-9H,1H3,(H,21,22). The number of thiophene rings is 1. The molecule has 0 aliphatic rings. The number of carbonyl (C=O) groups is 1. The Labute approximate surface area is 141 Å². The zero-order valence-electron chi connectivity index (χ0n) is 12.1. The van der Waals surface area contributed by atoms with E-state index >= 15 is 0 Å². The SMILES string of the molecule is Cc1cc(C(=O)Nc2ccc(Cl)nc2)sc1-c1ccc(F)cc1. The van der Waals surface area contributed by atoms with Gasteiger partial charge in [-0.1, -0.05) is 23.7 Å². The van der Waals surface area contributed by atoms with Crippen molar-refractivity contribution in [3.05, 3.63) is 70.1 Å². The van der Waals surface area contributed by atoms with Crippen molar-refractivity contribution in [3.8, 4) is 10.4 Å². The fourth-order valence-corrected chi connectivity index (χ4v) is 3.31. The summed E-state index contributed by atoms with van der Waals surface area (Å²) in [6.07, 6.45) is 1.50. The third kappa shape index (κ3) is 3.57. The molecule has 6 heteroatoms. The Kier molecular flexibility index (Phi) is 4.41. The highest BCUT2D eigenvalue weighted by atomic mass is 35.5. The molecule has 116 valence electrons. The Morgan fingerprint density at radius 2 is 1.96 bits per heavy atom. The third-order valence-corrected chi connectivity index (χ3v) is 4.74. The fraction of sp³-hybridized carbons (Fsp3) is 0.0588. The molecule has 0 fully saturated rings. The van der Waals surface area contributed by atoms with E-state index in [4.69, 9.17) is 11.6 Å². The predicted molar refractivity (Wildman–Crippen MR) is 91.7 cm³/mol. The number of aryl methyl sites for hydroxylation is 1. The summed E-state index contributed by atoms with van der Waals surface area (Å²) in [4.78, 5) is 17.8. The molecule has 0 radical (unpaired) electrons. The van der Waals surface area contributed by atoms with E-state index in [1.165, 1.54) is 29.7 Å². The van der Waals surface area contributed by atoms with Crippen LogP contribution in [-0.2, 0) is 0 Å². The number of aromatic nitrogens is 1. The molecule has 0 saturated heterocycles. The molecular weight excluding hydrogens is 335 g/mol. The quantitative estimate of drug-likeness (QED) is 0.665. The van der Waals surface area contributed by atoms with Crippen LogP contribution in [0.3, 0.4) is 0 Å². The maximum absolute atomic E-state index is 13.0. The zero-order chi connectivity index (χ0) is 16.4. The molecule has 23 heavy (non-hydrogen) atoms. The average Bonchev–Trinajstić information content (AvgIpc) is 2.92. The van der Waals surface area contributed by atoms with Gasteiger partial charge in [0.05, 0.1) is 16.8 Å². The first-order valence-corrected chi connectivity index (χ1v) is 8.01. The first-order valence-electron chi connectivity index (χ1n) is 6.82. The van der Waals surface area contributed by atoms with E-state index in [1.807, 2.05) is 13.0 Å². The fourth-order valence-electron chi connectivity index (χ4n) is 2.12. The van der Waals surface area contributed by atoms with Crippen LogP contribution in [-0.4, -0.2) is 10.9 Å². The van der Waals surface area contributed by atoms with Crippen LogP contribution < -0.4 is 5.32 Å². The van der Waals surface area contributed by atoms with Crippen LogP contribution in [0.15, 0.2) is 48.7 Å². The summed E-state index contributed by atoms with van der Waals surface area (Å²) in [5.41, 5.74) is 2.44. The second-order valence-corrected chi connectivity index (χ2v) is 6.39. The van der Waals surface area contributed by atoms with Crippen molar-refractivity contribution < 1.29 is 9.18 Å². The summed E-state index contributed by atoms with van der Waals surface area (Å²) in [6, 6.07) is 11.4. The normalized spacial score (nSPS) is 10.6. The van der Waals surface area contributed by atoms with Crippen LogP contribution in [0.2, 0.25) is 5.15 Å². The van der Waals surface area contributed by atoms with E-state index in [-0.39, 0.29) is 11.7 Å². The molecule has 2 heterocycles. The molecule has 0 unspecified atom stereocenters. The minimum atomic E-state index is -0.281. The van der Waals surface area contributed by atoms with Gasteiger partial charge in [0.25, 0.3) is 5.91 Å². The van der Waals surface area contributed by atoms with Crippen molar-refractivity contribution in [1.29, 1.82) is 0 Å². The summed E-state index contributed by atoms with van der Waals surface area (Å²) in [5, 5.41) is 3.15. The Morgan fingerprint density at radius 1 is 1.22 bits per heavy atom. The van der Waals surface area contributed by atoms with Gasteiger partial charge in [0.2, 0.25) is 0 Å². The largest absolute Gasteiger partial charge is 0.320 e. The number of amides is 1. The Bertz CT molecular complexity index is 844. The van der Waals surface area contributed by atoms with Crippen LogP contribution in [0.1, 0.15) is 15.2 Å². The van der Waals surface area contributed by atoms with Gasteiger partial charge in [0.1, 0.15) is 11.0 Å². The van der Waals surface area contributed by atoms with Gasteiger partial charge in [-0.3, -0.25) is 4.79 Å². The molecule has 1 amide bonds. The number of pyridine rings is 1. The van der Waals surface area contributed by atoms with E-state index in [2.05, 4.69) is 10.3 Å². The molecule has 3 aromatic rings. The maximum atomic E-state index is 13.0. The molecule has 0 aliphatic carbocycles. The van der Waals surface area contributed by atoms with Crippen LogP contribution >= 0.6 is 22.9 Å². The van der Waals surface area contributed by atoms with Crippen LogP contribution in [0, 0.1) is 12.7 Å². The first kappa shape index (κ1) is 15.6. The zero-order valence-corrected chi connectivity index (χ0v) is 13.7. The highest BCUT2D eigenvalue weighted by Crippen LogP contribution is 2.32. The number of anilines is 1. The summed E-state index contributed by atoms with van der Waals surface area (Å²) in [6.45, 7) is 1.93. The van der Waals surface area contributed by atoms with Gasteiger partial charge in [-0.25, -0.2) is 9.37 Å². The van der Waals surface area contributed by atoms with E-state index in [1.54, 1.807) is 24.3 Å². The van der Waals surface area contributed by atoms with E-state index in [0.29, 0.717) is 15.7 Å². The lowest BCUT2D eigenvalue weighted by atomic mass is 10.1. The van der Waals surface area contributed by atoms with Gasteiger partial charge in [0, 0.05) is 4.88 Å². The van der Waals surface area contributed by atoms with Gasteiger partial charge in [-0.05, 0) is 48.4 Å². The number of carbonyl (C=O) groups excluding carboxylic acids is 1. The van der Waals surface area contributed by atoms with E-state index < -0.39 is 0 Å². The summed E-state index contributed by atoms with van der Waals surface area (Å²) >= 11 is 7.09. The molecule has 3 rings (SSSR count). The molecule has 0 aliphatic heterocycles. The van der Waals surface area contributed by atoms with Gasteiger partial charge in [-0.2, -0.15) is 0 Å². The second kappa shape index (κ2) is 6.48. The molecular formula is C17H12ClFN2OS. The molecule has 2 aromatic heterocycles. The van der Waals surface area contributed by atoms with Crippen molar-refractivity contribution in [3.63, 3.8) is 0 Å². The number of halogens is 2. The number of benzene rings is 1. The van der Waals surface area contributed by atoms with Crippen molar-refractivity contribution in [2.45, 2.75) is 6.92 Å². The average molecular weight is 347 g/mol. The molecule has 0 spiro atoms. The number of nitrogens with one attached hydrogen (secondary N) is 1. The lowest BCUT2D eigenvalue weighted by molar-refractivity contribution is 0.103. The van der Waals surface area contributed by atoms with Crippen molar-refractivity contribution in [2.75, 3.05) is 5.32 Å². The maximum Gasteiger partial charge on any atom is 0.265 e. The topological polar surface area (TPSA) is 42.0 Å². The van der Waals surface area contributed by atoms with Crippen molar-refractivity contribution in [1.82, 2.24) is 4.98 Å². The number of rotatable bonds is 3. The lowest BCUT2D eigenvalue weighted by Gasteiger charge is -2.02. The molecule has 0 atom stereocenters. The summed E-state index contributed by atoms with van der Waals surface area (Å²) < 4.78 is 13.0. The number of hydrogen-bond acceptors (Lipinski definition) is 3. The number of hydrogen-bond donors (Lipinski definition) is 1. The van der Waals surface area contributed by atoms with Gasteiger partial charge in [0.15, 0.2) is 0 Å².